The maximum Gasteiger partial charge on any atom is 0.262 e. The van der Waals surface area contributed by atoms with Gasteiger partial charge in [0.1, 0.15) is 17.2 Å². The van der Waals surface area contributed by atoms with Crippen LogP contribution in [0.3, 0.4) is 0 Å². The van der Waals surface area contributed by atoms with Crippen molar-refractivity contribution in [1.29, 1.82) is 0 Å². The molecule has 0 saturated carbocycles. The molecule has 0 saturated heterocycles. The van der Waals surface area contributed by atoms with Gasteiger partial charge in [0, 0.05) is 11.1 Å². The van der Waals surface area contributed by atoms with Crippen LogP contribution >= 0.6 is 11.6 Å². The number of ether oxygens (including phenoxy) is 3. The SMILES string of the molecule is COc1ccc(OC)c(NC(=O)COc2c(C)cc(Cl)cc2C)c1. The van der Waals surface area contributed by atoms with Crippen LogP contribution in [0.1, 0.15) is 11.1 Å². The third-order valence-corrected chi connectivity index (χ3v) is 3.67. The Labute approximate surface area is 146 Å². The number of benzene rings is 2. The zero-order valence-electron chi connectivity index (χ0n) is 14.1. The lowest BCUT2D eigenvalue weighted by Crippen LogP contribution is -2.21. The van der Waals surface area contributed by atoms with Crippen LogP contribution in [0, 0.1) is 13.8 Å². The van der Waals surface area contributed by atoms with Crippen molar-refractivity contribution < 1.29 is 19.0 Å². The molecule has 24 heavy (non-hydrogen) atoms. The summed E-state index contributed by atoms with van der Waals surface area (Å²) in [6.07, 6.45) is 0. The first-order chi connectivity index (χ1) is 11.4. The molecule has 128 valence electrons. The monoisotopic (exact) mass is 349 g/mol. The average Bonchev–Trinajstić information content (AvgIpc) is 2.53. The highest BCUT2D eigenvalue weighted by Crippen LogP contribution is 2.29. The molecule has 2 aromatic carbocycles. The molecule has 0 fully saturated rings. The Morgan fingerprint density at radius 1 is 1.08 bits per heavy atom. The third kappa shape index (κ3) is 4.32. The molecule has 2 aromatic rings. The number of anilines is 1. The van der Waals surface area contributed by atoms with Crippen LogP contribution in [0.4, 0.5) is 5.69 Å². The van der Waals surface area contributed by atoms with E-state index in [0.717, 1.165) is 11.1 Å². The summed E-state index contributed by atoms with van der Waals surface area (Å²) < 4.78 is 16.0. The van der Waals surface area contributed by atoms with E-state index in [0.29, 0.717) is 28.0 Å². The smallest absolute Gasteiger partial charge is 0.262 e. The van der Waals surface area contributed by atoms with Gasteiger partial charge in [-0.25, -0.2) is 0 Å². The maximum absolute atomic E-state index is 12.2. The second-order valence-corrected chi connectivity index (χ2v) is 5.71. The molecule has 0 bridgehead atoms. The summed E-state index contributed by atoms with van der Waals surface area (Å²) in [7, 11) is 3.09. The van der Waals surface area contributed by atoms with Gasteiger partial charge in [0.2, 0.25) is 0 Å². The van der Waals surface area contributed by atoms with Crippen molar-refractivity contribution in [2.45, 2.75) is 13.8 Å². The molecule has 0 aliphatic carbocycles. The fraction of sp³-hybridized carbons (Fsp3) is 0.278. The summed E-state index contributed by atoms with van der Waals surface area (Å²) >= 11 is 5.99. The van der Waals surface area contributed by atoms with Crippen molar-refractivity contribution in [3.63, 3.8) is 0 Å². The number of carbonyl (C=O) groups excluding carboxylic acids is 1. The van der Waals surface area contributed by atoms with Crippen LogP contribution in [0.2, 0.25) is 5.02 Å². The number of hydrogen-bond donors (Lipinski definition) is 1. The Bertz CT molecular complexity index is 723. The van der Waals surface area contributed by atoms with Crippen molar-refractivity contribution in [2.24, 2.45) is 0 Å². The number of aryl methyl sites for hydroxylation is 2. The largest absolute Gasteiger partial charge is 0.497 e. The van der Waals surface area contributed by atoms with Crippen LogP contribution < -0.4 is 19.5 Å². The van der Waals surface area contributed by atoms with E-state index in [1.165, 1.54) is 7.11 Å². The van der Waals surface area contributed by atoms with E-state index in [4.69, 9.17) is 25.8 Å². The first kappa shape index (κ1) is 17.9. The van der Waals surface area contributed by atoms with Crippen LogP contribution in [0.15, 0.2) is 30.3 Å². The number of hydrogen-bond acceptors (Lipinski definition) is 4. The number of nitrogens with one attached hydrogen (secondary N) is 1. The normalized spacial score (nSPS) is 10.2. The lowest BCUT2D eigenvalue weighted by molar-refractivity contribution is -0.118. The number of halogens is 1. The zero-order valence-corrected chi connectivity index (χ0v) is 14.9. The van der Waals surface area contributed by atoms with E-state index in [2.05, 4.69) is 5.32 Å². The summed E-state index contributed by atoms with van der Waals surface area (Å²) in [5.41, 5.74) is 2.29. The molecular formula is C18H20ClNO4. The van der Waals surface area contributed by atoms with Crippen molar-refractivity contribution >= 4 is 23.2 Å². The van der Waals surface area contributed by atoms with Gasteiger partial charge in [0.25, 0.3) is 5.91 Å². The number of carbonyl (C=O) groups is 1. The van der Waals surface area contributed by atoms with E-state index in [9.17, 15) is 4.79 Å². The van der Waals surface area contributed by atoms with E-state index >= 15 is 0 Å². The highest BCUT2D eigenvalue weighted by molar-refractivity contribution is 6.30. The van der Waals surface area contributed by atoms with Gasteiger partial charge in [-0.2, -0.15) is 0 Å². The summed E-state index contributed by atoms with van der Waals surface area (Å²) in [5.74, 6) is 1.53. The average molecular weight is 350 g/mol. The Morgan fingerprint density at radius 2 is 1.75 bits per heavy atom. The summed E-state index contributed by atoms with van der Waals surface area (Å²) in [5, 5.41) is 3.40. The Hall–Kier alpha value is -2.40. The summed E-state index contributed by atoms with van der Waals surface area (Å²) in [6.45, 7) is 3.65. The quantitative estimate of drug-likeness (QED) is 0.856. The standard InChI is InChI=1S/C18H20ClNO4/c1-11-7-13(19)8-12(2)18(11)24-10-17(21)20-15-9-14(22-3)5-6-16(15)23-4/h5-9H,10H2,1-4H3,(H,20,21). The van der Waals surface area contributed by atoms with Crippen LogP contribution in [0.5, 0.6) is 17.2 Å². The molecule has 0 aromatic heterocycles. The molecule has 6 heteroatoms. The Morgan fingerprint density at radius 3 is 2.33 bits per heavy atom. The van der Waals surface area contributed by atoms with Gasteiger partial charge in [-0.3, -0.25) is 4.79 Å². The zero-order chi connectivity index (χ0) is 17.7. The van der Waals surface area contributed by atoms with Crippen molar-refractivity contribution in [2.75, 3.05) is 26.1 Å². The molecule has 5 nitrogen and oxygen atoms in total. The van der Waals surface area contributed by atoms with Gasteiger partial charge in [-0.1, -0.05) is 11.6 Å². The van der Waals surface area contributed by atoms with Crippen molar-refractivity contribution in [3.8, 4) is 17.2 Å². The molecule has 0 aliphatic heterocycles. The van der Waals surface area contributed by atoms with Crippen LogP contribution in [-0.4, -0.2) is 26.7 Å². The van der Waals surface area contributed by atoms with Crippen molar-refractivity contribution in [1.82, 2.24) is 0 Å². The van der Waals surface area contributed by atoms with Crippen molar-refractivity contribution in [3.05, 3.63) is 46.5 Å². The number of methoxy groups -OCH3 is 2. The molecule has 0 radical (unpaired) electrons. The van der Waals surface area contributed by atoms with Crippen LogP contribution in [-0.2, 0) is 4.79 Å². The van der Waals surface area contributed by atoms with Crippen LogP contribution in [0.25, 0.3) is 0 Å². The predicted octanol–water partition coefficient (Wildman–Crippen LogP) is 3.99. The van der Waals surface area contributed by atoms with E-state index in [1.807, 2.05) is 13.8 Å². The molecule has 0 unspecified atom stereocenters. The maximum atomic E-state index is 12.2. The second kappa shape index (κ2) is 7.93. The first-order valence-corrected chi connectivity index (χ1v) is 7.73. The topological polar surface area (TPSA) is 56.8 Å². The molecule has 1 N–H and O–H groups in total. The van der Waals surface area contributed by atoms with Gasteiger partial charge >= 0.3 is 0 Å². The second-order valence-electron chi connectivity index (χ2n) is 5.27. The fourth-order valence-electron chi connectivity index (χ4n) is 2.36. The lowest BCUT2D eigenvalue weighted by Gasteiger charge is -2.14. The summed E-state index contributed by atoms with van der Waals surface area (Å²) in [6, 6.07) is 8.77. The van der Waals surface area contributed by atoms with Gasteiger partial charge in [-0.05, 0) is 49.2 Å². The highest BCUT2D eigenvalue weighted by atomic mass is 35.5. The van der Waals surface area contributed by atoms with Gasteiger partial charge in [-0.15, -0.1) is 0 Å². The molecule has 1 amide bonds. The van der Waals surface area contributed by atoms with Gasteiger partial charge < -0.3 is 19.5 Å². The third-order valence-electron chi connectivity index (χ3n) is 3.45. The predicted molar refractivity (Wildman–Crippen MR) is 94.6 cm³/mol. The van der Waals surface area contributed by atoms with Gasteiger partial charge in [0.15, 0.2) is 6.61 Å². The molecule has 0 atom stereocenters. The van der Waals surface area contributed by atoms with Gasteiger partial charge in [0.05, 0.1) is 19.9 Å². The summed E-state index contributed by atoms with van der Waals surface area (Å²) in [4.78, 5) is 12.2. The first-order valence-electron chi connectivity index (χ1n) is 7.36. The Balaban J connectivity index is 2.07. The minimum Gasteiger partial charge on any atom is -0.497 e. The molecule has 0 spiro atoms. The molecular weight excluding hydrogens is 330 g/mol. The van der Waals surface area contributed by atoms with E-state index < -0.39 is 0 Å². The minimum absolute atomic E-state index is 0.121. The highest BCUT2D eigenvalue weighted by Gasteiger charge is 2.12. The molecule has 0 heterocycles. The number of amides is 1. The van der Waals surface area contributed by atoms with E-state index in [-0.39, 0.29) is 12.5 Å². The fourth-order valence-corrected chi connectivity index (χ4v) is 2.69. The van der Waals surface area contributed by atoms with E-state index in [1.54, 1.807) is 37.4 Å². The Kier molecular flexibility index (Phi) is 5.93. The molecule has 0 aliphatic rings. The number of rotatable bonds is 6. The lowest BCUT2D eigenvalue weighted by atomic mass is 10.1. The molecule has 2 rings (SSSR count). The minimum atomic E-state index is -0.296.